The van der Waals surface area contributed by atoms with Crippen LogP contribution in [0.1, 0.15) is 26.7 Å². The highest BCUT2D eigenvalue weighted by atomic mass is 16.4. The average molecular weight is 202 g/mol. The van der Waals surface area contributed by atoms with Gasteiger partial charge in [-0.05, 0) is 12.3 Å². The van der Waals surface area contributed by atoms with Gasteiger partial charge in [-0.3, -0.25) is 4.79 Å². The van der Waals surface area contributed by atoms with Crippen molar-refractivity contribution in [1.29, 1.82) is 0 Å². The molecule has 0 saturated heterocycles. The Morgan fingerprint density at radius 3 is 2.29 bits per heavy atom. The molecule has 0 aromatic carbocycles. The van der Waals surface area contributed by atoms with Crippen LogP contribution in [0, 0.1) is 5.92 Å². The number of aliphatic carboxylic acids is 1. The first kappa shape index (κ1) is 12.7. The maximum absolute atomic E-state index is 11.0. The van der Waals surface area contributed by atoms with Crippen molar-refractivity contribution >= 4 is 12.0 Å². The van der Waals surface area contributed by atoms with Crippen molar-refractivity contribution in [1.82, 2.24) is 10.6 Å². The fourth-order valence-corrected chi connectivity index (χ4v) is 0.820. The number of hydrogen-bond donors (Lipinski definition) is 3. The fourth-order valence-electron chi connectivity index (χ4n) is 0.820. The Morgan fingerprint density at radius 1 is 1.21 bits per heavy atom. The lowest BCUT2D eigenvalue weighted by Crippen LogP contribution is -2.37. The zero-order chi connectivity index (χ0) is 11.0. The van der Waals surface area contributed by atoms with E-state index in [1.807, 2.05) is 0 Å². The first-order chi connectivity index (χ1) is 6.52. The van der Waals surface area contributed by atoms with Gasteiger partial charge in [-0.2, -0.15) is 0 Å². The van der Waals surface area contributed by atoms with E-state index < -0.39 is 5.97 Å². The van der Waals surface area contributed by atoms with Crippen molar-refractivity contribution in [2.24, 2.45) is 5.92 Å². The van der Waals surface area contributed by atoms with Crippen molar-refractivity contribution < 1.29 is 14.7 Å². The smallest absolute Gasteiger partial charge is 0.314 e. The van der Waals surface area contributed by atoms with Crippen LogP contribution in [0.5, 0.6) is 0 Å². The van der Waals surface area contributed by atoms with Crippen molar-refractivity contribution in [2.75, 3.05) is 13.1 Å². The molecule has 0 spiro atoms. The minimum atomic E-state index is -0.910. The Balaban J connectivity index is 3.33. The van der Waals surface area contributed by atoms with Gasteiger partial charge < -0.3 is 15.7 Å². The third-order valence-electron chi connectivity index (χ3n) is 1.63. The monoisotopic (exact) mass is 202 g/mol. The molecule has 0 aromatic heterocycles. The zero-order valence-corrected chi connectivity index (χ0v) is 8.67. The van der Waals surface area contributed by atoms with Gasteiger partial charge in [0.2, 0.25) is 0 Å². The number of carboxylic acids is 1. The molecule has 0 aliphatic rings. The molecule has 0 rings (SSSR count). The number of carbonyl (C=O) groups is 2. The van der Waals surface area contributed by atoms with Crippen LogP contribution >= 0.6 is 0 Å². The summed E-state index contributed by atoms with van der Waals surface area (Å²) in [5.74, 6) is -0.359. The van der Waals surface area contributed by atoms with Crippen LogP contribution in [0.4, 0.5) is 4.79 Å². The molecule has 3 N–H and O–H groups in total. The Hall–Kier alpha value is -1.26. The van der Waals surface area contributed by atoms with E-state index in [1.165, 1.54) is 0 Å². The van der Waals surface area contributed by atoms with E-state index in [0.29, 0.717) is 12.5 Å². The Kier molecular flexibility index (Phi) is 6.53. The highest BCUT2D eigenvalue weighted by Crippen LogP contribution is 1.95. The van der Waals surface area contributed by atoms with Gasteiger partial charge in [0.15, 0.2) is 0 Å². The molecule has 0 bridgehead atoms. The molecule has 2 amide bonds. The Labute approximate surface area is 83.9 Å². The lowest BCUT2D eigenvalue weighted by Gasteiger charge is -2.07. The zero-order valence-electron chi connectivity index (χ0n) is 8.67. The second-order valence-electron chi connectivity index (χ2n) is 3.51. The second kappa shape index (κ2) is 7.17. The highest BCUT2D eigenvalue weighted by molar-refractivity contribution is 5.74. The third kappa shape index (κ3) is 8.83. The molecule has 0 fully saturated rings. The molecule has 82 valence electrons. The summed E-state index contributed by atoms with van der Waals surface area (Å²) < 4.78 is 0. The average Bonchev–Trinajstić information content (AvgIpc) is 2.02. The lowest BCUT2D eigenvalue weighted by atomic mass is 10.1. The molecule has 0 radical (unpaired) electrons. The number of urea groups is 1. The maximum Gasteiger partial charge on any atom is 0.314 e. The van der Waals surface area contributed by atoms with Crippen molar-refractivity contribution in [3.05, 3.63) is 0 Å². The minimum Gasteiger partial charge on any atom is -0.481 e. The summed E-state index contributed by atoms with van der Waals surface area (Å²) in [5, 5.41) is 13.4. The van der Waals surface area contributed by atoms with Crippen molar-refractivity contribution in [3.63, 3.8) is 0 Å². The predicted octanol–water partition coefficient (Wildman–Crippen LogP) is 0.806. The van der Waals surface area contributed by atoms with Crippen molar-refractivity contribution in [2.45, 2.75) is 26.7 Å². The first-order valence-electron chi connectivity index (χ1n) is 4.76. The number of rotatable bonds is 6. The van der Waals surface area contributed by atoms with E-state index in [-0.39, 0.29) is 19.0 Å². The molecule has 0 aromatic rings. The predicted molar refractivity (Wildman–Crippen MR) is 53.1 cm³/mol. The van der Waals surface area contributed by atoms with Crippen LogP contribution in [0.25, 0.3) is 0 Å². The van der Waals surface area contributed by atoms with Crippen LogP contribution in [0.3, 0.4) is 0 Å². The topological polar surface area (TPSA) is 78.4 Å². The van der Waals surface area contributed by atoms with Crippen LogP contribution in [0.15, 0.2) is 0 Å². The summed E-state index contributed by atoms with van der Waals surface area (Å²) in [7, 11) is 0. The van der Waals surface area contributed by atoms with E-state index in [4.69, 9.17) is 5.11 Å². The molecule has 0 atom stereocenters. The van der Waals surface area contributed by atoms with Gasteiger partial charge >= 0.3 is 12.0 Å². The van der Waals surface area contributed by atoms with E-state index in [9.17, 15) is 9.59 Å². The molecule has 5 nitrogen and oxygen atoms in total. The summed E-state index contributed by atoms with van der Waals surface area (Å²) >= 11 is 0. The van der Waals surface area contributed by atoms with E-state index in [1.54, 1.807) is 0 Å². The van der Waals surface area contributed by atoms with Crippen LogP contribution < -0.4 is 10.6 Å². The molecule has 0 unspecified atom stereocenters. The maximum atomic E-state index is 11.0. The number of hydrogen-bond acceptors (Lipinski definition) is 2. The van der Waals surface area contributed by atoms with Gasteiger partial charge in [0, 0.05) is 13.1 Å². The van der Waals surface area contributed by atoms with Crippen LogP contribution in [0.2, 0.25) is 0 Å². The Bertz CT molecular complexity index is 192. The SMILES string of the molecule is CC(C)CCNC(=O)NCCC(=O)O. The van der Waals surface area contributed by atoms with Gasteiger partial charge in [-0.15, -0.1) is 0 Å². The number of nitrogens with one attached hydrogen (secondary N) is 2. The first-order valence-corrected chi connectivity index (χ1v) is 4.76. The number of carboxylic acid groups (broad SMARTS) is 1. The van der Waals surface area contributed by atoms with Gasteiger partial charge in [-0.1, -0.05) is 13.8 Å². The highest BCUT2D eigenvalue weighted by Gasteiger charge is 2.01. The molecule has 5 heteroatoms. The fraction of sp³-hybridized carbons (Fsp3) is 0.778. The van der Waals surface area contributed by atoms with E-state index in [0.717, 1.165) is 6.42 Å². The summed E-state index contributed by atoms with van der Waals surface area (Å²) in [4.78, 5) is 21.1. The van der Waals surface area contributed by atoms with Gasteiger partial charge in [-0.25, -0.2) is 4.79 Å². The second-order valence-corrected chi connectivity index (χ2v) is 3.51. The normalized spacial score (nSPS) is 9.93. The molecule has 0 heterocycles. The van der Waals surface area contributed by atoms with E-state index >= 15 is 0 Å². The number of amides is 2. The third-order valence-corrected chi connectivity index (χ3v) is 1.63. The van der Waals surface area contributed by atoms with Gasteiger partial charge in [0.1, 0.15) is 0 Å². The molecule has 14 heavy (non-hydrogen) atoms. The van der Waals surface area contributed by atoms with Gasteiger partial charge in [0.25, 0.3) is 0 Å². The Morgan fingerprint density at radius 2 is 1.79 bits per heavy atom. The molecule has 0 aliphatic heterocycles. The summed E-state index contributed by atoms with van der Waals surface area (Å²) in [5.41, 5.74) is 0. The van der Waals surface area contributed by atoms with Crippen LogP contribution in [-0.2, 0) is 4.79 Å². The standard InChI is InChI=1S/C9H18N2O3/c1-7(2)3-5-10-9(14)11-6-4-8(12)13/h7H,3-6H2,1-2H3,(H,12,13)(H2,10,11,14). The number of carbonyl (C=O) groups excluding carboxylic acids is 1. The molecule has 0 aliphatic carbocycles. The minimum absolute atomic E-state index is 0.0440. The quantitative estimate of drug-likeness (QED) is 0.596. The van der Waals surface area contributed by atoms with E-state index in [2.05, 4.69) is 24.5 Å². The van der Waals surface area contributed by atoms with Crippen LogP contribution in [-0.4, -0.2) is 30.2 Å². The largest absolute Gasteiger partial charge is 0.481 e. The van der Waals surface area contributed by atoms with Crippen molar-refractivity contribution in [3.8, 4) is 0 Å². The summed E-state index contributed by atoms with van der Waals surface area (Å²) in [6.45, 7) is 4.94. The molecule has 0 saturated carbocycles. The lowest BCUT2D eigenvalue weighted by molar-refractivity contribution is -0.136. The summed E-state index contributed by atoms with van der Waals surface area (Å²) in [6, 6.07) is -0.299. The molecular weight excluding hydrogens is 184 g/mol. The summed E-state index contributed by atoms with van der Waals surface area (Å²) in [6.07, 6.45) is 0.879. The molecular formula is C9H18N2O3. The van der Waals surface area contributed by atoms with Gasteiger partial charge in [0.05, 0.1) is 6.42 Å².